The number of aliphatic imine (C=N–C) groups is 2. The van der Waals surface area contributed by atoms with Crippen molar-refractivity contribution in [2.45, 2.75) is 6.42 Å². The second-order valence-corrected chi connectivity index (χ2v) is 5.04. The lowest BCUT2D eigenvalue weighted by Crippen LogP contribution is -2.32. The number of hydrogen-bond acceptors (Lipinski definition) is 7. The highest BCUT2D eigenvalue weighted by Crippen LogP contribution is 1.93. The van der Waals surface area contributed by atoms with E-state index >= 15 is 0 Å². The number of carbonyl (C=O) groups is 2. The molecular formula is C15H26N6O3. The lowest BCUT2D eigenvalue weighted by molar-refractivity contribution is -0.122. The molecule has 0 spiro atoms. The standard InChI is InChI=1S/C15H26N6O3/c16-2-8-24-7-1-15(23)20-11-14-9-17-3-5-21(13-22)6-4-18-12-19-10-14/h9-10,12-13H,1-8,11,16H2,(H,18,19)(H,20,23)/b14-10+,17-9-. The largest absolute Gasteiger partial charge is 0.380 e. The number of hydrogen-bond donors (Lipinski definition) is 3. The van der Waals surface area contributed by atoms with E-state index in [4.69, 9.17) is 10.5 Å². The van der Waals surface area contributed by atoms with Gasteiger partial charge < -0.3 is 26.0 Å². The van der Waals surface area contributed by atoms with Gasteiger partial charge in [-0.15, -0.1) is 0 Å². The Morgan fingerprint density at radius 2 is 2.33 bits per heavy atom. The summed E-state index contributed by atoms with van der Waals surface area (Å²) in [5, 5.41) is 5.79. The molecule has 9 nitrogen and oxygen atoms in total. The molecule has 0 radical (unpaired) electrons. The molecule has 0 aliphatic carbocycles. The number of carbonyl (C=O) groups excluding carboxylic acids is 2. The van der Waals surface area contributed by atoms with Crippen molar-refractivity contribution < 1.29 is 14.3 Å². The molecule has 134 valence electrons. The van der Waals surface area contributed by atoms with Crippen LogP contribution >= 0.6 is 0 Å². The fourth-order valence-corrected chi connectivity index (χ4v) is 1.81. The average Bonchev–Trinajstić information content (AvgIpc) is 2.58. The van der Waals surface area contributed by atoms with Crippen molar-refractivity contribution in [2.75, 3.05) is 52.5 Å². The summed E-state index contributed by atoms with van der Waals surface area (Å²) in [7, 11) is 0. The molecule has 9 heteroatoms. The van der Waals surface area contributed by atoms with Crippen molar-refractivity contribution >= 4 is 24.9 Å². The lowest BCUT2D eigenvalue weighted by atomic mass is 10.3. The molecule has 1 aliphatic heterocycles. The van der Waals surface area contributed by atoms with Gasteiger partial charge >= 0.3 is 0 Å². The molecule has 0 unspecified atom stereocenters. The van der Waals surface area contributed by atoms with Crippen LogP contribution in [0, 0.1) is 0 Å². The summed E-state index contributed by atoms with van der Waals surface area (Å²) >= 11 is 0. The normalized spacial score (nSPS) is 20.5. The fourth-order valence-electron chi connectivity index (χ4n) is 1.81. The first kappa shape index (κ1) is 19.8. The molecule has 0 atom stereocenters. The third-order valence-electron chi connectivity index (χ3n) is 3.10. The van der Waals surface area contributed by atoms with E-state index in [2.05, 4.69) is 20.6 Å². The Labute approximate surface area is 142 Å². The van der Waals surface area contributed by atoms with E-state index in [1.54, 1.807) is 23.7 Å². The zero-order chi connectivity index (χ0) is 17.5. The van der Waals surface area contributed by atoms with Crippen LogP contribution in [0.25, 0.3) is 0 Å². The van der Waals surface area contributed by atoms with Crippen LogP contribution in [0.2, 0.25) is 0 Å². The van der Waals surface area contributed by atoms with Crippen molar-refractivity contribution in [3.63, 3.8) is 0 Å². The molecule has 0 aromatic carbocycles. The van der Waals surface area contributed by atoms with Gasteiger partial charge in [0.05, 0.1) is 26.1 Å². The molecule has 1 heterocycles. The van der Waals surface area contributed by atoms with Crippen LogP contribution in [-0.4, -0.2) is 82.3 Å². The highest BCUT2D eigenvalue weighted by Gasteiger charge is 2.03. The molecule has 0 aromatic rings. The van der Waals surface area contributed by atoms with Gasteiger partial charge in [-0.3, -0.25) is 14.6 Å². The van der Waals surface area contributed by atoms with Crippen molar-refractivity contribution in [3.8, 4) is 0 Å². The molecule has 24 heavy (non-hydrogen) atoms. The average molecular weight is 338 g/mol. The van der Waals surface area contributed by atoms with Crippen LogP contribution in [0.1, 0.15) is 6.42 Å². The third-order valence-corrected chi connectivity index (χ3v) is 3.10. The number of rotatable bonds is 8. The topological polar surface area (TPSA) is 121 Å². The second-order valence-electron chi connectivity index (χ2n) is 5.04. The van der Waals surface area contributed by atoms with Crippen LogP contribution in [0.4, 0.5) is 0 Å². The van der Waals surface area contributed by atoms with Gasteiger partial charge in [0, 0.05) is 57.1 Å². The van der Waals surface area contributed by atoms with Crippen molar-refractivity contribution in [3.05, 3.63) is 11.8 Å². The van der Waals surface area contributed by atoms with Gasteiger partial charge in [-0.05, 0) is 0 Å². The van der Waals surface area contributed by atoms with E-state index in [9.17, 15) is 9.59 Å². The Bertz CT molecular complexity index is 464. The fraction of sp³-hybridized carbons (Fsp3) is 0.600. The lowest BCUT2D eigenvalue weighted by Gasteiger charge is -2.15. The van der Waals surface area contributed by atoms with Gasteiger partial charge in [-0.2, -0.15) is 0 Å². The first-order chi connectivity index (χ1) is 11.8. The van der Waals surface area contributed by atoms with Gasteiger partial charge in [-0.25, -0.2) is 4.99 Å². The summed E-state index contributed by atoms with van der Waals surface area (Å²) in [6.07, 6.45) is 5.95. The predicted octanol–water partition coefficient (Wildman–Crippen LogP) is -1.49. The number of nitrogens with zero attached hydrogens (tertiary/aromatic N) is 3. The molecule has 0 saturated heterocycles. The van der Waals surface area contributed by atoms with E-state index in [0.717, 1.165) is 12.0 Å². The van der Waals surface area contributed by atoms with Crippen LogP contribution in [-0.2, 0) is 14.3 Å². The summed E-state index contributed by atoms with van der Waals surface area (Å²) in [6.45, 7) is 3.84. The summed E-state index contributed by atoms with van der Waals surface area (Å²) in [5.74, 6) is -0.110. The first-order valence-corrected chi connectivity index (χ1v) is 7.94. The third kappa shape index (κ3) is 9.70. The number of nitrogens with two attached hydrogens (primary N) is 1. The van der Waals surface area contributed by atoms with Gasteiger partial charge in [0.25, 0.3) is 0 Å². The number of ether oxygens (including phenoxy) is 1. The maximum absolute atomic E-state index is 11.7. The minimum Gasteiger partial charge on any atom is -0.380 e. The maximum atomic E-state index is 11.7. The van der Waals surface area contributed by atoms with Crippen molar-refractivity contribution in [1.82, 2.24) is 15.5 Å². The van der Waals surface area contributed by atoms with E-state index in [-0.39, 0.29) is 12.3 Å². The van der Waals surface area contributed by atoms with E-state index in [1.807, 2.05) is 0 Å². The van der Waals surface area contributed by atoms with Crippen LogP contribution in [0.5, 0.6) is 0 Å². The van der Waals surface area contributed by atoms with E-state index in [0.29, 0.717) is 52.5 Å². The Morgan fingerprint density at radius 3 is 3.12 bits per heavy atom. The summed E-state index contributed by atoms with van der Waals surface area (Å²) in [4.78, 5) is 32.6. The van der Waals surface area contributed by atoms with Gasteiger partial charge in [0.15, 0.2) is 0 Å². The molecule has 0 fully saturated rings. The predicted molar refractivity (Wildman–Crippen MR) is 93.1 cm³/mol. The Morgan fingerprint density at radius 1 is 1.46 bits per heavy atom. The molecule has 1 aliphatic rings. The maximum Gasteiger partial charge on any atom is 0.222 e. The van der Waals surface area contributed by atoms with Crippen LogP contribution < -0.4 is 16.4 Å². The van der Waals surface area contributed by atoms with E-state index in [1.165, 1.54) is 0 Å². The molecular weight excluding hydrogens is 312 g/mol. The summed E-state index contributed by atoms with van der Waals surface area (Å²) < 4.78 is 5.17. The molecule has 2 amide bonds. The highest BCUT2D eigenvalue weighted by atomic mass is 16.5. The highest BCUT2D eigenvalue weighted by molar-refractivity contribution is 5.82. The molecule has 0 saturated carbocycles. The summed E-state index contributed by atoms with van der Waals surface area (Å²) in [6, 6.07) is 0. The van der Waals surface area contributed by atoms with Crippen molar-refractivity contribution in [2.24, 2.45) is 15.7 Å². The Balaban J connectivity index is 2.44. The molecule has 1 rings (SSSR count). The Hall–Kier alpha value is -2.26. The quantitative estimate of drug-likeness (QED) is 0.368. The van der Waals surface area contributed by atoms with Crippen molar-refractivity contribution in [1.29, 1.82) is 0 Å². The summed E-state index contributed by atoms with van der Waals surface area (Å²) in [5.41, 5.74) is 6.07. The zero-order valence-corrected chi connectivity index (χ0v) is 13.8. The monoisotopic (exact) mass is 338 g/mol. The number of amides is 2. The SMILES string of the molecule is NCCOCCC(=O)NCC1=C/N=C/NCCN(C=O)CC/N=C\1. The molecule has 0 aromatic heterocycles. The van der Waals surface area contributed by atoms with Gasteiger partial charge in [-0.1, -0.05) is 0 Å². The smallest absolute Gasteiger partial charge is 0.222 e. The minimum absolute atomic E-state index is 0.110. The van der Waals surface area contributed by atoms with Crippen LogP contribution in [0.3, 0.4) is 0 Å². The van der Waals surface area contributed by atoms with Gasteiger partial charge in [0.2, 0.25) is 12.3 Å². The minimum atomic E-state index is -0.110. The van der Waals surface area contributed by atoms with Crippen LogP contribution in [0.15, 0.2) is 21.8 Å². The number of nitrogens with one attached hydrogen (secondary N) is 2. The van der Waals surface area contributed by atoms with Gasteiger partial charge in [0.1, 0.15) is 0 Å². The second kappa shape index (κ2) is 13.2. The Kier molecular flexibility index (Phi) is 10.9. The zero-order valence-electron chi connectivity index (χ0n) is 13.8. The molecule has 4 N–H and O–H groups in total. The first-order valence-electron chi connectivity index (χ1n) is 7.94. The van der Waals surface area contributed by atoms with E-state index < -0.39 is 0 Å². The molecule has 0 bridgehead atoms.